The minimum atomic E-state index is 0.000994. The highest BCUT2D eigenvalue weighted by Gasteiger charge is 2.51. The van der Waals surface area contributed by atoms with Gasteiger partial charge in [-0.3, -0.25) is 9.78 Å². The van der Waals surface area contributed by atoms with E-state index in [1.54, 1.807) is 12.4 Å². The summed E-state index contributed by atoms with van der Waals surface area (Å²) in [6.07, 6.45) is 7.35. The van der Waals surface area contributed by atoms with E-state index in [-0.39, 0.29) is 10.7 Å². The number of rotatable bonds is 4. The maximum absolute atomic E-state index is 12.4. The number of aryl methyl sites for hydroxylation is 1. The number of nitrogens with zero attached hydrogens (tertiary/aromatic N) is 3. The molecule has 0 radical (unpaired) electrons. The van der Waals surface area contributed by atoms with Crippen molar-refractivity contribution in [1.82, 2.24) is 14.9 Å². The van der Waals surface area contributed by atoms with E-state index in [2.05, 4.69) is 9.97 Å². The molecule has 2 aliphatic heterocycles. The van der Waals surface area contributed by atoms with Gasteiger partial charge in [0.05, 0.1) is 22.7 Å². The average molecular weight is 319 g/mol. The second-order valence-electron chi connectivity index (χ2n) is 6.80. The highest BCUT2D eigenvalue weighted by molar-refractivity contribution is 8.01. The predicted molar refractivity (Wildman–Crippen MR) is 84.9 cm³/mol. The molecule has 6 heteroatoms. The number of hydrogen-bond donors (Lipinski definition) is 0. The Balaban J connectivity index is 1.29. The van der Waals surface area contributed by atoms with Crippen molar-refractivity contribution in [1.29, 1.82) is 0 Å². The molecule has 3 heterocycles. The lowest BCUT2D eigenvalue weighted by Gasteiger charge is -2.47. The summed E-state index contributed by atoms with van der Waals surface area (Å²) < 4.78 is 6.23. The molecule has 1 aliphatic carbocycles. The molecule has 118 valence electrons. The van der Waals surface area contributed by atoms with Gasteiger partial charge in [-0.05, 0) is 32.1 Å². The lowest BCUT2D eigenvalue weighted by atomic mass is 9.92. The van der Waals surface area contributed by atoms with Gasteiger partial charge < -0.3 is 9.64 Å². The van der Waals surface area contributed by atoms with E-state index in [9.17, 15) is 4.79 Å². The summed E-state index contributed by atoms with van der Waals surface area (Å²) in [4.78, 5) is 22.6. The molecular formula is C16H21N3O2S. The van der Waals surface area contributed by atoms with Crippen molar-refractivity contribution in [2.45, 2.75) is 37.0 Å². The fourth-order valence-corrected chi connectivity index (χ4v) is 4.70. The average Bonchev–Trinajstić information content (AvgIpc) is 3.21. The van der Waals surface area contributed by atoms with Gasteiger partial charge in [0, 0.05) is 31.6 Å². The van der Waals surface area contributed by atoms with E-state index in [0.29, 0.717) is 11.8 Å². The molecule has 0 bridgehead atoms. The monoisotopic (exact) mass is 319 g/mol. The highest BCUT2D eigenvalue weighted by atomic mass is 32.2. The molecule has 1 aromatic heterocycles. The van der Waals surface area contributed by atoms with Crippen molar-refractivity contribution in [2.24, 2.45) is 5.92 Å². The number of ether oxygens (including phenoxy) is 1. The number of hydrogen-bond acceptors (Lipinski definition) is 5. The van der Waals surface area contributed by atoms with Crippen molar-refractivity contribution in [3.8, 4) is 0 Å². The smallest absolute Gasteiger partial charge is 0.274 e. The first-order valence-electron chi connectivity index (χ1n) is 7.97. The SMILES string of the molecule is Cc1cnc(C(=O)N2CC3(C[C@H](OCC4CC4)CS3)C2)cn1. The fourth-order valence-electron chi connectivity index (χ4n) is 3.14. The van der Waals surface area contributed by atoms with E-state index in [4.69, 9.17) is 4.74 Å². The molecule has 5 nitrogen and oxygen atoms in total. The van der Waals surface area contributed by atoms with Crippen LogP contribution in [0, 0.1) is 12.8 Å². The Morgan fingerprint density at radius 2 is 2.23 bits per heavy atom. The Morgan fingerprint density at radius 1 is 1.41 bits per heavy atom. The van der Waals surface area contributed by atoms with Crippen molar-refractivity contribution in [3.05, 3.63) is 23.8 Å². The molecule has 0 N–H and O–H groups in total. The Bertz CT molecular complexity index is 567. The number of carbonyl (C=O) groups is 1. The number of likely N-dealkylation sites (tertiary alicyclic amines) is 1. The Hall–Kier alpha value is -1.14. The van der Waals surface area contributed by atoms with Gasteiger partial charge in [0.1, 0.15) is 5.69 Å². The molecule has 0 unspecified atom stereocenters. The quantitative estimate of drug-likeness (QED) is 0.848. The van der Waals surface area contributed by atoms with E-state index < -0.39 is 0 Å². The largest absolute Gasteiger partial charge is 0.377 e. The molecular weight excluding hydrogens is 298 g/mol. The van der Waals surface area contributed by atoms with Crippen LogP contribution in [0.2, 0.25) is 0 Å². The third-order valence-corrected chi connectivity index (χ3v) is 6.26. The van der Waals surface area contributed by atoms with E-state index >= 15 is 0 Å². The summed E-state index contributed by atoms with van der Waals surface area (Å²) >= 11 is 1.98. The van der Waals surface area contributed by atoms with Crippen molar-refractivity contribution >= 4 is 17.7 Å². The summed E-state index contributed by atoms with van der Waals surface area (Å²) in [5.74, 6) is 1.89. The minimum Gasteiger partial charge on any atom is -0.377 e. The minimum absolute atomic E-state index is 0.000994. The number of amides is 1. The second-order valence-corrected chi connectivity index (χ2v) is 8.29. The van der Waals surface area contributed by atoms with Gasteiger partial charge in [-0.2, -0.15) is 0 Å². The Morgan fingerprint density at radius 3 is 2.91 bits per heavy atom. The number of aromatic nitrogens is 2. The van der Waals surface area contributed by atoms with E-state index in [1.807, 2.05) is 23.6 Å². The third kappa shape index (κ3) is 2.86. The Labute approximate surface area is 134 Å². The van der Waals surface area contributed by atoms with Crippen LogP contribution >= 0.6 is 11.8 Å². The van der Waals surface area contributed by atoms with Gasteiger partial charge in [-0.1, -0.05) is 0 Å². The van der Waals surface area contributed by atoms with Crippen LogP contribution in [0.1, 0.15) is 35.4 Å². The van der Waals surface area contributed by atoms with Crippen LogP contribution in [0.5, 0.6) is 0 Å². The first kappa shape index (κ1) is 14.5. The maximum Gasteiger partial charge on any atom is 0.274 e. The zero-order valence-corrected chi connectivity index (χ0v) is 13.6. The van der Waals surface area contributed by atoms with Crippen LogP contribution in [0.25, 0.3) is 0 Å². The van der Waals surface area contributed by atoms with E-state index in [0.717, 1.165) is 43.5 Å². The third-order valence-electron chi connectivity index (χ3n) is 4.68. The molecule has 0 aromatic carbocycles. The van der Waals surface area contributed by atoms with Gasteiger partial charge in [-0.15, -0.1) is 11.8 Å². The van der Waals surface area contributed by atoms with Crippen molar-refractivity contribution in [2.75, 3.05) is 25.4 Å². The van der Waals surface area contributed by atoms with Crippen LogP contribution < -0.4 is 0 Å². The summed E-state index contributed by atoms with van der Waals surface area (Å²) in [6.45, 7) is 4.43. The van der Waals surface area contributed by atoms with Crippen molar-refractivity contribution in [3.63, 3.8) is 0 Å². The molecule has 1 spiro atoms. The summed E-state index contributed by atoms with van der Waals surface area (Å²) in [5.41, 5.74) is 1.28. The first-order valence-corrected chi connectivity index (χ1v) is 8.96. The standard InChI is InChI=1S/C16H21N3O2S/c1-11-5-18-14(6-17-11)15(20)19-9-16(10-19)4-13(8-22-16)21-7-12-2-3-12/h5-6,12-13H,2-4,7-10H2,1H3/t13-/m0/s1. The maximum atomic E-state index is 12.4. The number of thioether (sulfide) groups is 1. The number of carbonyl (C=O) groups excluding carboxylic acids is 1. The predicted octanol–water partition coefficient (Wildman–Crippen LogP) is 1.91. The topological polar surface area (TPSA) is 55.3 Å². The molecule has 22 heavy (non-hydrogen) atoms. The van der Waals surface area contributed by atoms with Crippen molar-refractivity contribution < 1.29 is 9.53 Å². The molecule has 1 atom stereocenters. The molecule has 1 saturated carbocycles. The zero-order valence-electron chi connectivity index (χ0n) is 12.8. The molecule has 3 aliphatic rings. The molecule has 4 rings (SSSR count). The normalized spacial score (nSPS) is 26.2. The molecule has 2 saturated heterocycles. The van der Waals surface area contributed by atoms with Gasteiger partial charge >= 0.3 is 0 Å². The van der Waals surface area contributed by atoms with Gasteiger partial charge in [-0.25, -0.2) is 4.98 Å². The first-order chi connectivity index (χ1) is 10.6. The lowest BCUT2D eigenvalue weighted by molar-refractivity contribution is 0.0284. The summed E-state index contributed by atoms with van der Waals surface area (Å²) in [5, 5.41) is 0. The Kier molecular flexibility index (Phi) is 3.61. The van der Waals surface area contributed by atoms with Crippen LogP contribution in [-0.4, -0.2) is 57.1 Å². The summed E-state index contributed by atoms with van der Waals surface area (Å²) in [7, 11) is 0. The second kappa shape index (κ2) is 5.49. The van der Waals surface area contributed by atoms with E-state index in [1.165, 1.54) is 12.8 Å². The highest BCUT2D eigenvalue weighted by Crippen LogP contribution is 2.46. The summed E-state index contributed by atoms with van der Waals surface area (Å²) in [6, 6.07) is 0. The molecule has 1 aromatic rings. The zero-order chi connectivity index (χ0) is 15.2. The van der Waals surface area contributed by atoms with Gasteiger partial charge in [0.15, 0.2) is 0 Å². The van der Waals surface area contributed by atoms with Crippen LogP contribution in [0.15, 0.2) is 12.4 Å². The van der Waals surface area contributed by atoms with Gasteiger partial charge in [0.25, 0.3) is 5.91 Å². The molecule has 3 fully saturated rings. The lowest BCUT2D eigenvalue weighted by Crippen LogP contribution is -2.60. The van der Waals surface area contributed by atoms with Crippen LogP contribution in [0.4, 0.5) is 0 Å². The van der Waals surface area contributed by atoms with Crippen LogP contribution in [0.3, 0.4) is 0 Å². The van der Waals surface area contributed by atoms with Crippen LogP contribution in [-0.2, 0) is 4.74 Å². The van der Waals surface area contributed by atoms with Gasteiger partial charge in [0.2, 0.25) is 0 Å². The fraction of sp³-hybridized carbons (Fsp3) is 0.688. The molecule has 1 amide bonds.